The van der Waals surface area contributed by atoms with Crippen molar-refractivity contribution in [2.75, 3.05) is 0 Å². The molecule has 0 heterocycles. The molecule has 0 unspecified atom stereocenters. The van der Waals surface area contributed by atoms with Crippen molar-refractivity contribution < 1.29 is 9.18 Å². The van der Waals surface area contributed by atoms with Crippen LogP contribution in [0, 0.1) is 0 Å². The number of Topliss-reactive ketones (excluding diaryl/α,β-unsaturated/α-hetero) is 1. The van der Waals surface area contributed by atoms with Crippen LogP contribution in [-0.2, 0) is 17.9 Å². The summed E-state index contributed by atoms with van der Waals surface area (Å²) in [6.07, 6.45) is 0.337. The number of benzene rings is 1. The summed E-state index contributed by atoms with van der Waals surface area (Å²) in [7, 11) is 0. The maximum atomic E-state index is 12.3. The highest BCUT2D eigenvalue weighted by atomic mass is 35.5. The Labute approximate surface area is 81.5 Å². The number of carbonyl (C=O) groups excluding carboxylic acids is 1. The average molecular weight is 201 g/mol. The van der Waals surface area contributed by atoms with Crippen molar-refractivity contribution in [1.82, 2.24) is 0 Å². The summed E-state index contributed by atoms with van der Waals surface area (Å²) in [4.78, 5) is 10.8. The highest BCUT2D eigenvalue weighted by molar-refractivity contribution is 6.31. The molecule has 0 aliphatic rings. The molecule has 3 heteroatoms. The van der Waals surface area contributed by atoms with Gasteiger partial charge in [0.1, 0.15) is 12.5 Å². The minimum atomic E-state index is -0.593. The zero-order valence-corrected chi connectivity index (χ0v) is 8.07. The molecule has 70 valence electrons. The Morgan fingerprint density at radius 3 is 2.77 bits per heavy atom. The maximum absolute atomic E-state index is 12.3. The number of hydrogen-bond donors (Lipinski definition) is 0. The third kappa shape index (κ3) is 2.81. The Bertz CT molecular complexity index is 323. The predicted molar refractivity (Wildman–Crippen MR) is 50.6 cm³/mol. The number of halogens is 2. The average Bonchev–Trinajstić information content (AvgIpc) is 2.07. The van der Waals surface area contributed by atoms with Gasteiger partial charge in [-0.1, -0.05) is 23.7 Å². The molecule has 0 amide bonds. The topological polar surface area (TPSA) is 17.1 Å². The van der Waals surface area contributed by atoms with Crippen LogP contribution in [0.5, 0.6) is 0 Å². The zero-order chi connectivity index (χ0) is 9.84. The van der Waals surface area contributed by atoms with Crippen LogP contribution in [0.1, 0.15) is 18.1 Å². The van der Waals surface area contributed by atoms with Crippen molar-refractivity contribution in [1.29, 1.82) is 0 Å². The molecule has 0 aliphatic carbocycles. The summed E-state index contributed by atoms with van der Waals surface area (Å²) in [5, 5.41) is 0.412. The van der Waals surface area contributed by atoms with E-state index < -0.39 is 6.67 Å². The van der Waals surface area contributed by atoms with Crippen molar-refractivity contribution >= 4 is 17.4 Å². The summed E-state index contributed by atoms with van der Waals surface area (Å²) >= 11 is 5.71. The van der Waals surface area contributed by atoms with E-state index in [4.69, 9.17) is 11.6 Å². The molecule has 0 bridgehead atoms. The van der Waals surface area contributed by atoms with Crippen LogP contribution in [0.2, 0.25) is 5.02 Å². The lowest BCUT2D eigenvalue weighted by atomic mass is 10.1. The first-order valence-corrected chi connectivity index (χ1v) is 4.34. The van der Waals surface area contributed by atoms with Gasteiger partial charge >= 0.3 is 0 Å². The van der Waals surface area contributed by atoms with Crippen molar-refractivity contribution in [3.05, 3.63) is 34.3 Å². The summed E-state index contributed by atoms with van der Waals surface area (Å²) < 4.78 is 12.3. The second kappa shape index (κ2) is 4.38. The largest absolute Gasteiger partial charge is 0.300 e. The molecule has 0 atom stereocenters. The molecule has 0 aromatic heterocycles. The van der Waals surface area contributed by atoms with E-state index in [-0.39, 0.29) is 5.78 Å². The number of hydrogen-bond acceptors (Lipinski definition) is 1. The van der Waals surface area contributed by atoms with Gasteiger partial charge in [0.25, 0.3) is 0 Å². The van der Waals surface area contributed by atoms with Gasteiger partial charge in [-0.3, -0.25) is 4.79 Å². The molecule has 1 aromatic carbocycles. The van der Waals surface area contributed by atoms with Crippen molar-refractivity contribution in [3.63, 3.8) is 0 Å². The van der Waals surface area contributed by atoms with Crippen LogP contribution >= 0.6 is 11.6 Å². The normalized spacial score (nSPS) is 10.1. The van der Waals surface area contributed by atoms with Gasteiger partial charge in [0.2, 0.25) is 0 Å². The van der Waals surface area contributed by atoms with Gasteiger partial charge in [-0.25, -0.2) is 4.39 Å². The smallest absolute Gasteiger partial charge is 0.134 e. The molecule has 0 spiro atoms. The van der Waals surface area contributed by atoms with Crippen molar-refractivity contribution in [3.8, 4) is 0 Å². The van der Waals surface area contributed by atoms with Gasteiger partial charge < -0.3 is 0 Å². The first-order valence-electron chi connectivity index (χ1n) is 3.96. The number of alkyl halides is 1. The van der Waals surface area contributed by atoms with E-state index in [1.807, 2.05) is 0 Å². The van der Waals surface area contributed by atoms with E-state index in [0.717, 1.165) is 5.56 Å². The molecule has 1 aromatic rings. The summed E-state index contributed by atoms with van der Waals surface area (Å²) in [5.41, 5.74) is 1.25. The quantitative estimate of drug-likeness (QED) is 0.733. The highest BCUT2D eigenvalue weighted by Gasteiger charge is 2.03. The Hall–Kier alpha value is -0.890. The van der Waals surface area contributed by atoms with Gasteiger partial charge in [-0.2, -0.15) is 0 Å². The van der Waals surface area contributed by atoms with Crippen LogP contribution < -0.4 is 0 Å². The fourth-order valence-corrected chi connectivity index (χ4v) is 1.30. The first-order chi connectivity index (χ1) is 6.13. The lowest BCUT2D eigenvalue weighted by Crippen LogP contribution is -1.97. The summed E-state index contributed by atoms with van der Waals surface area (Å²) in [6.45, 7) is 0.911. The fourth-order valence-electron chi connectivity index (χ4n) is 1.13. The fraction of sp³-hybridized carbons (Fsp3) is 0.300. The van der Waals surface area contributed by atoms with Gasteiger partial charge in [0.05, 0.1) is 0 Å². The summed E-state index contributed by atoms with van der Waals surface area (Å²) in [6, 6.07) is 4.99. The molecular formula is C10H10ClFO. The van der Waals surface area contributed by atoms with Gasteiger partial charge in [0, 0.05) is 17.0 Å². The number of carbonyl (C=O) groups is 1. The van der Waals surface area contributed by atoms with Gasteiger partial charge in [-0.05, 0) is 18.6 Å². The number of ketones is 1. The molecule has 0 saturated carbocycles. The molecule has 1 nitrogen and oxygen atoms in total. The maximum Gasteiger partial charge on any atom is 0.134 e. The lowest BCUT2D eigenvalue weighted by molar-refractivity contribution is -0.116. The van der Waals surface area contributed by atoms with E-state index in [0.29, 0.717) is 17.0 Å². The molecular weight excluding hydrogens is 191 g/mol. The lowest BCUT2D eigenvalue weighted by Gasteiger charge is -2.02. The van der Waals surface area contributed by atoms with Gasteiger partial charge in [-0.15, -0.1) is 0 Å². The summed E-state index contributed by atoms with van der Waals surface area (Å²) in [5.74, 6) is 0.0622. The second-order valence-electron chi connectivity index (χ2n) is 2.94. The number of rotatable bonds is 3. The minimum absolute atomic E-state index is 0.0622. The van der Waals surface area contributed by atoms with Crippen LogP contribution in [0.4, 0.5) is 4.39 Å². The SMILES string of the molecule is CC(=O)Cc1ccc(Cl)c(CF)c1. The third-order valence-electron chi connectivity index (χ3n) is 1.71. The van der Waals surface area contributed by atoms with Crippen LogP contribution in [0.3, 0.4) is 0 Å². The Morgan fingerprint density at radius 2 is 2.23 bits per heavy atom. The molecule has 0 radical (unpaired) electrons. The molecule has 1 rings (SSSR count). The van der Waals surface area contributed by atoms with Crippen molar-refractivity contribution in [2.45, 2.75) is 20.0 Å². The molecule has 0 aliphatic heterocycles. The van der Waals surface area contributed by atoms with Crippen LogP contribution in [-0.4, -0.2) is 5.78 Å². The van der Waals surface area contributed by atoms with Crippen LogP contribution in [0.25, 0.3) is 0 Å². The Morgan fingerprint density at radius 1 is 1.54 bits per heavy atom. The Balaban J connectivity index is 2.92. The van der Waals surface area contributed by atoms with E-state index in [2.05, 4.69) is 0 Å². The molecule has 13 heavy (non-hydrogen) atoms. The van der Waals surface area contributed by atoms with Gasteiger partial charge in [0.15, 0.2) is 0 Å². The van der Waals surface area contributed by atoms with E-state index in [9.17, 15) is 9.18 Å². The monoisotopic (exact) mass is 200 g/mol. The molecule has 0 saturated heterocycles. The van der Waals surface area contributed by atoms with E-state index in [1.165, 1.54) is 6.92 Å². The first kappa shape index (κ1) is 10.2. The minimum Gasteiger partial charge on any atom is -0.300 e. The standard InChI is InChI=1S/C10H10ClFO/c1-7(13)4-8-2-3-10(11)9(5-8)6-12/h2-3,5H,4,6H2,1H3. The predicted octanol–water partition coefficient (Wildman–Crippen LogP) is 2.94. The zero-order valence-electron chi connectivity index (χ0n) is 7.31. The molecule has 0 N–H and O–H groups in total. The molecule has 0 fully saturated rings. The Kier molecular flexibility index (Phi) is 3.43. The third-order valence-corrected chi connectivity index (χ3v) is 2.08. The highest BCUT2D eigenvalue weighted by Crippen LogP contribution is 2.18. The second-order valence-corrected chi connectivity index (χ2v) is 3.35. The van der Waals surface area contributed by atoms with Crippen molar-refractivity contribution in [2.24, 2.45) is 0 Å². The van der Waals surface area contributed by atoms with E-state index in [1.54, 1.807) is 18.2 Å². The van der Waals surface area contributed by atoms with Crippen LogP contribution in [0.15, 0.2) is 18.2 Å². The van der Waals surface area contributed by atoms with E-state index >= 15 is 0 Å².